The maximum atomic E-state index is 9.23. The van der Waals surface area contributed by atoms with Crippen LogP contribution in [0.15, 0.2) is 60.7 Å². The van der Waals surface area contributed by atoms with E-state index in [1.165, 1.54) is 11.1 Å². The van der Waals surface area contributed by atoms with Gasteiger partial charge in [0.05, 0.1) is 0 Å². The minimum Gasteiger partial charge on any atom is -0.508 e. The molecule has 0 aliphatic heterocycles. The number of aromatic hydroxyl groups is 1. The molecule has 0 heterocycles. The van der Waals surface area contributed by atoms with Crippen LogP contribution >= 0.6 is 0 Å². The summed E-state index contributed by atoms with van der Waals surface area (Å²) in [6, 6.07) is 15.7. The van der Waals surface area contributed by atoms with Gasteiger partial charge in [0.15, 0.2) is 0 Å². The Kier molecular flexibility index (Phi) is 2.73. The third-order valence-electron chi connectivity index (χ3n) is 3.23. The highest BCUT2D eigenvalue weighted by atomic mass is 16.3. The van der Waals surface area contributed by atoms with Crippen LogP contribution in [0.2, 0.25) is 0 Å². The second-order valence-corrected chi connectivity index (χ2v) is 4.46. The maximum absolute atomic E-state index is 9.23. The molecule has 0 saturated carbocycles. The first-order valence-corrected chi connectivity index (χ1v) is 6.07. The molecule has 1 atom stereocenters. The van der Waals surface area contributed by atoms with Crippen LogP contribution in [0.5, 0.6) is 5.75 Å². The normalized spacial score (nSPS) is 17.2. The quantitative estimate of drug-likeness (QED) is 0.825. The van der Waals surface area contributed by atoms with E-state index in [1.54, 1.807) is 12.1 Å². The summed E-state index contributed by atoms with van der Waals surface area (Å²) in [7, 11) is 0. The van der Waals surface area contributed by atoms with Crippen LogP contribution in [-0.4, -0.2) is 5.11 Å². The Hall–Kier alpha value is -2.28. The van der Waals surface area contributed by atoms with Gasteiger partial charge in [0.2, 0.25) is 0 Å². The Bertz CT molecular complexity index is 606. The zero-order valence-electron chi connectivity index (χ0n) is 9.95. The van der Waals surface area contributed by atoms with E-state index in [4.69, 9.17) is 0 Å². The van der Waals surface area contributed by atoms with Crippen molar-refractivity contribution >= 4 is 12.2 Å². The van der Waals surface area contributed by atoms with Crippen LogP contribution in [-0.2, 0) is 0 Å². The Balaban J connectivity index is 1.82. The van der Waals surface area contributed by atoms with Gasteiger partial charge in [-0.05, 0) is 28.8 Å². The van der Waals surface area contributed by atoms with Crippen molar-refractivity contribution in [3.63, 3.8) is 0 Å². The molecule has 0 fully saturated rings. The standard InChI is InChI=1S/C17H14O/c18-16-11-6-13(7-12-16)5-8-15-10-9-14-3-1-2-4-17(14)15/h1-12,15,18H. The fraction of sp³-hybridized carbons (Fsp3) is 0.0588. The lowest BCUT2D eigenvalue weighted by Gasteiger charge is -2.05. The molecular formula is C17H14O. The summed E-state index contributed by atoms with van der Waals surface area (Å²) in [5.74, 6) is 0.660. The predicted octanol–water partition coefficient (Wildman–Crippen LogP) is 4.22. The summed E-state index contributed by atoms with van der Waals surface area (Å²) in [5, 5.41) is 9.23. The Morgan fingerprint density at radius 3 is 2.56 bits per heavy atom. The molecule has 18 heavy (non-hydrogen) atoms. The Morgan fingerprint density at radius 1 is 0.944 bits per heavy atom. The molecule has 0 aromatic heterocycles. The van der Waals surface area contributed by atoms with Crippen molar-refractivity contribution < 1.29 is 5.11 Å². The number of phenols is 1. The highest BCUT2D eigenvalue weighted by molar-refractivity contribution is 5.65. The fourth-order valence-corrected chi connectivity index (χ4v) is 2.25. The van der Waals surface area contributed by atoms with Gasteiger partial charge in [-0.3, -0.25) is 0 Å². The first kappa shape index (κ1) is 10.8. The zero-order valence-corrected chi connectivity index (χ0v) is 9.95. The molecule has 0 spiro atoms. The van der Waals surface area contributed by atoms with E-state index in [1.807, 2.05) is 12.1 Å². The SMILES string of the molecule is Oc1ccc(C=CC2C=Cc3ccccc32)cc1. The van der Waals surface area contributed by atoms with Gasteiger partial charge in [0.25, 0.3) is 0 Å². The van der Waals surface area contributed by atoms with E-state index in [0.717, 1.165) is 5.56 Å². The first-order valence-electron chi connectivity index (χ1n) is 6.07. The molecule has 0 saturated heterocycles. The molecule has 0 amide bonds. The smallest absolute Gasteiger partial charge is 0.115 e. The van der Waals surface area contributed by atoms with Crippen molar-refractivity contribution in [1.82, 2.24) is 0 Å². The summed E-state index contributed by atoms with van der Waals surface area (Å²) in [6.07, 6.45) is 8.66. The Labute approximate surface area is 107 Å². The molecule has 0 radical (unpaired) electrons. The number of allylic oxidation sites excluding steroid dienone is 2. The first-order chi connectivity index (χ1) is 8.83. The van der Waals surface area contributed by atoms with Crippen LogP contribution in [0.1, 0.15) is 22.6 Å². The van der Waals surface area contributed by atoms with Gasteiger partial charge in [-0.2, -0.15) is 0 Å². The largest absolute Gasteiger partial charge is 0.508 e. The van der Waals surface area contributed by atoms with Gasteiger partial charge < -0.3 is 5.11 Å². The third kappa shape index (κ3) is 2.07. The second-order valence-electron chi connectivity index (χ2n) is 4.46. The van der Waals surface area contributed by atoms with Crippen molar-refractivity contribution in [2.45, 2.75) is 5.92 Å². The zero-order chi connectivity index (χ0) is 12.4. The average molecular weight is 234 g/mol. The van der Waals surface area contributed by atoms with E-state index in [0.29, 0.717) is 11.7 Å². The van der Waals surface area contributed by atoms with Gasteiger partial charge in [-0.1, -0.05) is 60.7 Å². The summed E-state index contributed by atoms with van der Waals surface area (Å²) >= 11 is 0. The van der Waals surface area contributed by atoms with Crippen molar-refractivity contribution in [1.29, 1.82) is 0 Å². The predicted molar refractivity (Wildman–Crippen MR) is 75.4 cm³/mol. The van der Waals surface area contributed by atoms with E-state index in [-0.39, 0.29) is 0 Å². The van der Waals surface area contributed by atoms with E-state index in [9.17, 15) is 5.11 Å². The molecule has 0 bridgehead atoms. The number of benzene rings is 2. The van der Waals surface area contributed by atoms with E-state index >= 15 is 0 Å². The van der Waals surface area contributed by atoms with Gasteiger partial charge in [-0.15, -0.1) is 0 Å². The lowest BCUT2D eigenvalue weighted by Crippen LogP contribution is -1.87. The third-order valence-corrected chi connectivity index (χ3v) is 3.23. The lowest BCUT2D eigenvalue weighted by molar-refractivity contribution is 0.475. The number of phenolic OH excluding ortho intramolecular Hbond substituents is 1. The highest BCUT2D eigenvalue weighted by Gasteiger charge is 2.12. The minimum atomic E-state index is 0.304. The van der Waals surface area contributed by atoms with Gasteiger partial charge in [0.1, 0.15) is 5.75 Å². The van der Waals surface area contributed by atoms with Crippen LogP contribution in [0, 0.1) is 0 Å². The fourth-order valence-electron chi connectivity index (χ4n) is 2.25. The summed E-state index contributed by atoms with van der Waals surface area (Å²) < 4.78 is 0. The van der Waals surface area contributed by atoms with Crippen LogP contribution < -0.4 is 0 Å². The summed E-state index contributed by atoms with van der Waals surface area (Å²) in [6.45, 7) is 0. The molecule has 2 aromatic rings. The molecule has 1 unspecified atom stereocenters. The molecule has 2 aromatic carbocycles. The van der Waals surface area contributed by atoms with Gasteiger partial charge in [-0.25, -0.2) is 0 Å². The maximum Gasteiger partial charge on any atom is 0.115 e. The number of hydrogen-bond acceptors (Lipinski definition) is 1. The second kappa shape index (κ2) is 4.53. The number of rotatable bonds is 2. The molecule has 3 rings (SSSR count). The molecule has 1 heteroatoms. The average Bonchev–Trinajstić information content (AvgIpc) is 2.82. The molecule has 1 nitrogen and oxygen atoms in total. The highest BCUT2D eigenvalue weighted by Crippen LogP contribution is 2.31. The van der Waals surface area contributed by atoms with Crippen LogP contribution in [0.4, 0.5) is 0 Å². The van der Waals surface area contributed by atoms with Crippen LogP contribution in [0.3, 0.4) is 0 Å². The van der Waals surface area contributed by atoms with Crippen molar-refractivity contribution in [2.24, 2.45) is 0 Å². The summed E-state index contributed by atoms with van der Waals surface area (Å²) in [4.78, 5) is 0. The van der Waals surface area contributed by atoms with Gasteiger partial charge >= 0.3 is 0 Å². The van der Waals surface area contributed by atoms with Crippen LogP contribution in [0.25, 0.3) is 12.2 Å². The molecule has 1 aliphatic rings. The van der Waals surface area contributed by atoms with Crippen molar-refractivity contribution in [2.75, 3.05) is 0 Å². The Morgan fingerprint density at radius 2 is 1.72 bits per heavy atom. The van der Waals surface area contributed by atoms with Gasteiger partial charge in [0, 0.05) is 5.92 Å². The molecular weight excluding hydrogens is 220 g/mol. The van der Waals surface area contributed by atoms with E-state index in [2.05, 4.69) is 48.6 Å². The number of fused-ring (bicyclic) bond motifs is 1. The topological polar surface area (TPSA) is 20.2 Å². The van der Waals surface area contributed by atoms with Crippen molar-refractivity contribution in [3.05, 3.63) is 77.4 Å². The minimum absolute atomic E-state index is 0.304. The lowest BCUT2D eigenvalue weighted by atomic mass is 9.99. The van der Waals surface area contributed by atoms with Crippen molar-refractivity contribution in [3.8, 4) is 5.75 Å². The molecule has 1 aliphatic carbocycles. The monoisotopic (exact) mass is 234 g/mol. The molecule has 1 N–H and O–H groups in total. The molecule has 88 valence electrons. The van der Waals surface area contributed by atoms with E-state index < -0.39 is 0 Å². The summed E-state index contributed by atoms with van der Waals surface area (Å²) in [5.41, 5.74) is 3.76. The number of hydrogen-bond donors (Lipinski definition) is 1.